The first kappa shape index (κ1) is 13.7. The van der Waals surface area contributed by atoms with Gasteiger partial charge in [0.2, 0.25) is 5.91 Å². The first-order valence-electron chi connectivity index (χ1n) is 5.48. The second kappa shape index (κ2) is 6.36. The van der Waals surface area contributed by atoms with E-state index in [1.807, 2.05) is 0 Å². The summed E-state index contributed by atoms with van der Waals surface area (Å²) in [5.74, 6) is -1.36. The van der Waals surface area contributed by atoms with E-state index in [1.165, 1.54) is 6.08 Å². The SMILES string of the molecule is C=CCC(NC(=O)C1CC(OC)CN1)C(=O)O. The Bertz CT molecular complexity index is 306. The Morgan fingerprint density at radius 1 is 1.71 bits per heavy atom. The number of methoxy groups -OCH3 is 1. The number of amides is 1. The van der Waals surface area contributed by atoms with Gasteiger partial charge >= 0.3 is 5.97 Å². The number of carbonyl (C=O) groups is 2. The zero-order chi connectivity index (χ0) is 12.8. The number of rotatable bonds is 6. The van der Waals surface area contributed by atoms with Crippen molar-refractivity contribution in [2.75, 3.05) is 13.7 Å². The third-order valence-electron chi connectivity index (χ3n) is 2.76. The minimum absolute atomic E-state index is 0.00781. The highest BCUT2D eigenvalue weighted by molar-refractivity contribution is 5.87. The fourth-order valence-corrected chi connectivity index (χ4v) is 1.74. The number of nitrogens with one attached hydrogen (secondary N) is 2. The van der Waals surface area contributed by atoms with E-state index in [-0.39, 0.29) is 24.5 Å². The summed E-state index contributed by atoms with van der Waals surface area (Å²) in [5, 5.41) is 14.4. The molecule has 96 valence electrons. The van der Waals surface area contributed by atoms with Gasteiger partial charge in [-0.1, -0.05) is 6.08 Å². The lowest BCUT2D eigenvalue weighted by Gasteiger charge is -2.16. The average molecular weight is 242 g/mol. The Morgan fingerprint density at radius 3 is 2.88 bits per heavy atom. The lowest BCUT2D eigenvalue weighted by molar-refractivity contribution is -0.142. The number of carboxylic acids is 1. The molecule has 3 unspecified atom stereocenters. The van der Waals surface area contributed by atoms with Crippen molar-refractivity contribution in [3.05, 3.63) is 12.7 Å². The van der Waals surface area contributed by atoms with Crippen LogP contribution in [0.5, 0.6) is 0 Å². The van der Waals surface area contributed by atoms with E-state index in [0.29, 0.717) is 13.0 Å². The van der Waals surface area contributed by atoms with Gasteiger partial charge in [-0.15, -0.1) is 6.58 Å². The molecule has 0 aromatic carbocycles. The summed E-state index contributed by atoms with van der Waals surface area (Å²) in [5.41, 5.74) is 0. The predicted molar refractivity (Wildman–Crippen MR) is 61.6 cm³/mol. The Kier molecular flexibility index (Phi) is 5.11. The smallest absolute Gasteiger partial charge is 0.326 e. The van der Waals surface area contributed by atoms with Crippen LogP contribution in [0, 0.1) is 0 Å². The van der Waals surface area contributed by atoms with Crippen LogP contribution in [-0.2, 0) is 14.3 Å². The first-order valence-corrected chi connectivity index (χ1v) is 5.48. The molecule has 0 spiro atoms. The molecule has 3 N–H and O–H groups in total. The monoisotopic (exact) mass is 242 g/mol. The van der Waals surface area contributed by atoms with Crippen molar-refractivity contribution in [2.45, 2.75) is 31.0 Å². The number of carboxylic acid groups (broad SMARTS) is 1. The summed E-state index contributed by atoms with van der Waals surface area (Å²) in [6.07, 6.45) is 2.25. The second-order valence-corrected chi connectivity index (χ2v) is 3.98. The van der Waals surface area contributed by atoms with Crippen LogP contribution in [-0.4, -0.2) is 48.8 Å². The van der Waals surface area contributed by atoms with Crippen LogP contribution < -0.4 is 10.6 Å². The van der Waals surface area contributed by atoms with Gasteiger partial charge < -0.3 is 20.5 Å². The van der Waals surface area contributed by atoms with Gasteiger partial charge in [-0.05, 0) is 12.8 Å². The molecule has 17 heavy (non-hydrogen) atoms. The van der Waals surface area contributed by atoms with Crippen LogP contribution >= 0.6 is 0 Å². The third-order valence-corrected chi connectivity index (χ3v) is 2.76. The quantitative estimate of drug-likeness (QED) is 0.547. The van der Waals surface area contributed by atoms with Crippen molar-refractivity contribution in [3.8, 4) is 0 Å². The molecule has 0 radical (unpaired) electrons. The minimum atomic E-state index is -1.06. The summed E-state index contributed by atoms with van der Waals surface area (Å²) in [6, 6.07) is -1.30. The van der Waals surface area contributed by atoms with Crippen molar-refractivity contribution < 1.29 is 19.4 Å². The van der Waals surface area contributed by atoms with Crippen LogP contribution in [0.3, 0.4) is 0 Å². The number of aliphatic carboxylic acids is 1. The molecule has 0 aromatic heterocycles. The van der Waals surface area contributed by atoms with Crippen molar-refractivity contribution in [2.24, 2.45) is 0 Å². The van der Waals surface area contributed by atoms with Crippen LogP contribution in [0.25, 0.3) is 0 Å². The standard InChI is InChI=1S/C11H18N2O4/c1-3-4-8(11(15)16)13-10(14)9-5-7(17-2)6-12-9/h3,7-9,12H,1,4-6H2,2H3,(H,13,14)(H,15,16). The topological polar surface area (TPSA) is 87.7 Å². The zero-order valence-electron chi connectivity index (χ0n) is 9.81. The molecule has 0 bridgehead atoms. The Labute approximate surface area is 100 Å². The molecule has 1 saturated heterocycles. The number of hydrogen-bond donors (Lipinski definition) is 3. The van der Waals surface area contributed by atoms with Gasteiger partial charge in [-0.25, -0.2) is 4.79 Å². The van der Waals surface area contributed by atoms with Crippen LogP contribution in [0.15, 0.2) is 12.7 Å². The van der Waals surface area contributed by atoms with E-state index in [2.05, 4.69) is 17.2 Å². The van der Waals surface area contributed by atoms with Gasteiger partial charge in [0, 0.05) is 13.7 Å². The van der Waals surface area contributed by atoms with E-state index in [9.17, 15) is 9.59 Å². The van der Waals surface area contributed by atoms with Crippen LogP contribution in [0.2, 0.25) is 0 Å². The highest BCUT2D eigenvalue weighted by Gasteiger charge is 2.31. The zero-order valence-corrected chi connectivity index (χ0v) is 9.81. The Hall–Kier alpha value is -1.40. The third kappa shape index (κ3) is 3.83. The minimum Gasteiger partial charge on any atom is -0.480 e. The number of ether oxygens (including phenoxy) is 1. The van der Waals surface area contributed by atoms with Gasteiger partial charge in [0.15, 0.2) is 0 Å². The molecule has 1 aliphatic heterocycles. The Morgan fingerprint density at radius 2 is 2.41 bits per heavy atom. The van der Waals surface area contributed by atoms with E-state index in [0.717, 1.165) is 0 Å². The maximum Gasteiger partial charge on any atom is 0.326 e. The highest BCUT2D eigenvalue weighted by atomic mass is 16.5. The Balaban J connectivity index is 2.47. The molecule has 0 aliphatic carbocycles. The lowest BCUT2D eigenvalue weighted by Crippen LogP contribution is -2.48. The van der Waals surface area contributed by atoms with Gasteiger partial charge in [0.25, 0.3) is 0 Å². The van der Waals surface area contributed by atoms with Gasteiger partial charge in [0.1, 0.15) is 6.04 Å². The maximum absolute atomic E-state index is 11.8. The normalized spacial score (nSPS) is 25.2. The molecule has 3 atom stereocenters. The van der Waals surface area contributed by atoms with Crippen molar-refractivity contribution in [1.29, 1.82) is 0 Å². The van der Waals surface area contributed by atoms with Gasteiger partial charge in [-0.3, -0.25) is 4.79 Å². The summed E-state index contributed by atoms with van der Waals surface area (Å²) >= 11 is 0. The van der Waals surface area contributed by atoms with Crippen molar-refractivity contribution in [1.82, 2.24) is 10.6 Å². The van der Waals surface area contributed by atoms with E-state index >= 15 is 0 Å². The molecule has 6 nitrogen and oxygen atoms in total. The average Bonchev–Trinajstić information content (AvgIpc) is 2.76. The molecular weight excluding hydrogens is 224 g/mol. The second-order valence-electron chi connectivity index (χ2n) is 3.98. The van der Waals surface area contributed by atoms with Gasteiger partial charge in [0.05, 0.1) is 12.1 Å². The van der Waals surface area contributed by atoms with Crippen molar-refractivity contribution in [3.63, 3.8) is 0 Å². The van der Waals surface area contributed by atoms with E-state index < -0.39 is 12.0 Å². The molecule has 1 heterocycles. The lowest BCUT2D eigenvalue weighted by atomic mass is 10.1. The van der Waals surface area contributed by atoms with Crippen LogP contribution in [0.4, 0.5) is 0 Å². The molecule has 1 aliphatic rings. The maximum atomic E-state index is 11.8. The molecule has 6 heteroatoms. The van der Waals surface area contributed by atoms with E-state index in [1.54, 1.807) is 7.11 Å². The summed E-state index contributed by atoms with van der Waals surface area (Å²) in [7, 11) is 1.59. The molecule has 1 amide bonds. The highest BCUT2D eigenvalue weighted by Crippen LogP contribution is 2.10. The molecular formula is C11H18N2O4. The largest absolute Gasteiger partial charge is 0.480 e. The van der Waals surface area contributed by atoms with Crippen LogP contribution in [0.1, 0.15) is 12.8 Å². The van der Waals surface area contributed by atoms with Crippen molar-refractivity contribution >= 4 is 11.9 Å². The summed E-state index contributed by atoms with van der Waals surface area (Å²) in [4.78, 5) is 22.6. The van der Waals surface area contributed by atoms with Gasteiger partial charge in [-0.2, -0.15) is 0 Å². The number of carbonyl (C=O) groups excluding carboxylic acids is 1. The molecule has 1 rings (SSSR count). The molecule has 0 saturated carbocycles. The first-order chi connectivity index (χ1) is 8.08. The van der Waals surface area contributed by atoms with E-state index in [4.69, 9.17) is 9.84 Å². The molecule has 1 fully saturated rings. The predicted octanol–water partition coefficient (Wildman–Crippen LogP) is -0.491. The fraction of sp³-hybridized carbons (Fsp3) is 0.636. The fourth-order valence-electron chi connectivity index (χ4n) is 1.74. The summed E-state index contributed by atoms with van der Waals surface area (Å²) < 4.78 is 5.12. The molecule has 0 aromatic rings. The summed E-state index contributed by atoms with van der Waals surface area (Å²) in [6.45, 7) is 4.07. The number of hydrogen-bond acceptors (Lipinski definition) is 4.